The first-order valence-corrected chi connectivity index (χ1v) is 6.26. The van der Waals surface area contributed by atoms with Gasteiger partial charge in [-0.25, -0.2) is 4.39 Å². The monoisotopic (exact) mass is 327 g/mol. The van der Waals surface area contributed by atoms with Crippen LogP contribution in [0.2, 0.25) is 5.02 Å². The van der Waals surface area contributed by atoms with E-state index in [9.17, 15) is 9.18 Å². The molecule has 0 fully saturated rings. The smallest absolute Gasteiger partial charge is 0.257 e. The number of amides is 1. The summed E-state index contributed by atoms with van der Waals surface area (Å²) in [6, 6.07) is 10.9. The summed E-state index contributed by atoms with van der Waals surface area (Å²) in [6.45, 7) is 0. The SMILES string of the molecule is O=C(Nc1ccccc1F)c1cc(Br)ccc1Cl. The Morgan fingerprint density at radius 2 is 1.94 bits per heavy atom. The van der Waals surface area contributed by atoms with Crippen molar-refractivity contribution in [1.82, 2.24) is 0 Å². The van der Waals surface area contributed by atoms with E-state index in [0.717, 1.165) is 4.47 Å². The first kappa shape index (κ1) is 13.1. The summed E-state index contributed by atoms with van der Waals surface area (Å²) < 4.78 is 14.1. The average Bonchev–Trinajstić information content (AvgIpc) is 2.35. The van der Waals surface area contributed by atoms with Gasteiger partial charge in [-0.2, -0.15) is 0 Å². The summed E-state index contributed by atoms with van der Waals surface area (Å²) in [4.78, 5) is 12.0. The third-order valence-corrected chi connectivity index (χ3v) is 3.12. The number of hydrogen-bond acceptors (Lipinski definition) is 1. The lowest BCUT2D eigenvalue weighted by Gasteiger charge is -2.07. The van der Waals surface area contributed by atoms with E-state index in [4.69, 9.17) is 11.6 Å². The second-order valence-electron chi connectivity index (χ2n) is 3.56. The van der Waals surface area contributed by atoms with E-state index in [1.54, 1.807) is 30.3 Å². The minimum absolute atomic E-state index is 0.124. The molecule has 0 aliphatic heterocycles. The van der Waals surface area contributed by atoms with Crippen LogP contribution in [0.15, 0.2) is 46.9 Å². The Morgan fingerprint density at radius 3 is 2.67 bits per heavy atom. The minimum Gasteiger partial charge on any atom is -0.319 e. The van der Waals surface area contributed by atoms with Crippen LogP contribution < -0.4 is 5.32 Å². The fourth-order valence-corrected chi connectivity index (χ4v) is 1.99. The van der Waals surface area contributed by atoms with Gasteiger partial charge in [0.15, 0.2) is 0 Å². The van der Waals surface area contributed by atoms with Gasteiger partial charge in [0.05, 0.1) is 16.3 Å². The Kier molecular flexibility index (Phi) is 3.99. The number of nitrogens with one attached hydrogen (secondary N) is 1. The minimum atomic E-state index is -0.489. The number of para-hydroxylation sites is 1. The maximum atomic E-state index is 13.4. The summed E-state index contributed by atoms with van der Waals surface area (Å²) in [5.74, 6) is -0.941. The molecule has 0 saturated carbocycles. The number of carbonyl (C=O) groups is 1. The van der Waals surface area contributed by atoms with E-state index in [2.05, 4.69) is 21.2 Å². The zero-order valence-electron chi connectivity index (χ0n) is 9.08. The standard InChI is InChI=1S/C13H8BrClFNO/c14-8-5-6-10(15)9(7-8)13(18)17-12-4-2-1-3-11(12)16/h1-7H,(H,17,18). The van der Waals surface area contributed by atoms with Crippen molar-refractivity contribution >= 4 is 39.1 Å². The van der Waals surface area contributed by atoms with E-state index in [1.165, 1.54) is 12.1 Å². The zero-order chi connectivity index (χ0) is 13.1. The Hall–Kier alpha value is -1.39. The fraction of sp³-hybridized carbons (Fsp3) is 0. The number of carbonyl (C=O) groups excluding carboxylic acids is 1. The lowest BCUT2D eigenvalue weighted by Crippen LogP contribution is -2.13. The van der Waals surface area contributed by atoms with Crippen LogP contribution in [0.25, 0.3) is 0 Å². The van der Waals surface area contributed by atoms with Crippen molar-refractivity contribution in [2.75, 3.05) is 5.32 Å². The maximum Gasteiger partial charge on any atom is 0.257 e. The molecule has 2 rings (SSSR count). The molecule has 1 N–H and O–H groups in total. The molecule has 0 saturated heterocycles. The summed E-state index contributed by atoms with van der Waals surface area (Å²) in [5, 5.41) is 2.79. The number of benzene rings is 2. The second-order valence-corrected chi connectivity index (χ2v) is 4.88. The first-order valence-electron chi connectivity index (χ1n) is 5.09. The molecule has 0 radical (unpaired) electrons. The van der Waals surface area contributed by atoms with Crippen molar-refractivity contribution in [2.24, 2.45) is 0 Å². The number of rotatable bonds is 2. The highest BCUT2D eigenvalue weighted by molar-refractivity contribution is 9.10. The van der Waals surface area contributed by atoms with Gasteiger partial charge < -0.3 is 5.32 Å². The van der Waals surface area contributed by atoms with Gasteiger partial charge >= 0.3 is 0 Å². The molecule has 0 unspecified atom stereocenters. The quantitative estimate of drug-likeness (QED) is 0.864. The van der Waals surface area contributed by atoms with Crippen molar-refractivity contribution < 1.29 is 9.18 Å². The van der Waals surface area contributed by atoms with E-state index < -0.39 is 11.7 Å². The largest absolute Gasteiger partial charge is 0.319 e. The van der Waals surface area contributed by atoms with Crippen LogP contribution in [-0.4, -0.2) is 5.91 Å². The Balaban J connectivity index is 2.28. The highest BCUT2D eigenvalue weighted by Gasteiger charge is 2.12. The summed E-state index contributed by atoms with van der Waals surface area (Å²) >= 11 is 9.17. The molecule has 2 nitrogen and oxygen atoms in total. The second kappa shape index (κ2) is 5.50. The first-order chi connectivity index (χ1) is 8.58. The third-order valence-electron chi connectivity index (χ3n) is 2.30. The summed E-state index contributed by atoms with van der Waals surface area (Å²) in [7, 11) is 0. The van der Waals surface area contributed by atoms with Crippen molar-refractivity contribution in [3.05, 3.63) is 63.3 Å². The molecule has 18 heavy (non-hydrogen) atoms. The highest BCUT2D eigenvalue weighted by Crippen LogP contribution is 2.22. The Labute approximate surface area is 117 Å². The third kappa shape index (κ3) is 2.89. The van der Waals surface area contributed by atoms with Crippen LogP contribution in [0.5, 0.6) is 0 Å². The van der Waals surface area contributed by atoms with E-state index >= 15 is 0 Å². The van der Waals surface area contributed by atoms with Crippen LogP contribution in [0, 0.1) is 5.82 Å². The normalized spacial score (nSPS) is 10.2. The van der Waals surface area contributed by atoms with Gasteiger partial charge in [-0.3, -0.25) is 4.79 Å². The molecule has 0 atom stereocenters. The predicted molar refractivity (Wildman–Crippen MR) is 73.5 cm³/mol. The van der Waals surface area contributed by atoms with Gasteiger partial charge in [0, 0.05) is 4.47 Å². The molecule has 0 aliphatic carbocycles. The maximum absolute atomic E-state index is 13.4. The molecule has 2 aromatic carbocycles. The molecule has 0 aliphatic rings. The molecule has 92 valence electrons. The molecular formula is C13H8BrClFNO. The lowest BCUT2D eigenvalue weighted by molar-refractivity contribution is 0.102. The molecular weight excluding hydrogens is 321 g/mol. The Bertz CT molecular complexity index is 603. The summed E-state index contributed by atoms with van der Waals surface area (Å²) in [5.41, 5.74) is 0.410. The van der Waals surface area contributed by atoms with Crippen molar-refractivity contribution in [2.45, 2.75) is 0 Å². The fourth-order valence-electron chi connectivity index (χ4n) is 1.42. The van der Waals surface area contributed by atoms with Crippen molar-refractivity contribution in [1.29, 1.82) is 0 Å². The van der Waals surface area contributed by atoms with Crippen molar-refractivity contribution in [3.8, 4) is 0 Å². The van der Waals surface area contributed by atoms with Crippen LogP contribution in [-0.2, 0) is 0 Å². The molecule has 1 amide bonds. The van der Waals surface area contributed by atoms with Gasteiger partial charge in [-0.15, -0.1) is 0 Å². The van der Waals surface area contributed by atoms with Crippen LogP contribution in [0.1, 0.15) is 10.4 Å². The van der Waals surface area contributed by atoms with Crippen molar-refractivity contribution in [3.63, 3.8) is 0 Å². The predicted octanol–water partition coefficient (Wildman–Crippen LogP) is 4.49. The lowest BCUT2D eigenvalue weighted by atomic mass is 10.2. The summed E-state index contributed by atoms with van der Waals surface area (Å²) in [6.07, 6.45) is 0. The molecule has 0 bridgehead atoms. The Morgan fingerprint density at radius 1 is 1.22 bits per heavy atom. The van der Waals surface area contributed by atoms with E-state index in [0.29, 0.717) is 5.02 Å². The molecule has 5 heteroatoms. The van der Waals surface area contributed by atoms with Gasteiger partial charge in [0.25, 0.3) is 5.91 Å². The topological polar surface area (TPSA) is 29.1 Å². The average molecular weight is 329 g/mol. The number of halogens is 3. The molecule has 2 aromatic rings. The highest BCUT2D eigenvalue weighted by atomic mass is 79.9. The number of hydrogen-bond donors (Lipinski definition) is 1. The van der Waals surface area contributed by atoms with Crippen LogP contribution in [0.4, 0.5) is 10.1 Å². The van der Waals surface area contributed by atoms with E-state index in [-0.39, 0.29) is 11.3 Å². The zero-order valence-corrected chi connectivity index (χ0v) is 11.4. The number of anilines is 1. The van der Waals surface area contributed by atoms with Gasteiger partial charge in [0.1, 0.15) is 5.82 Å². The molecule has 0 spiro atoms. The van der Waals surface area contributed by atoms with Crippen LogP contribution in [0.3, 0.4) is 0 Å². The molecule has 0 heterocycles. The molecule has 0 aromatic heterocycles. The van der Waals surface area contributed by atoms with Crippen LogP contribution >= 0.6 is 27.5 Å². The van der Waals surface area contributed by atoms with Gasteiger partial charge in [-0.05, 0) is 30.3 Å². The van der Waals surface area contributed by atoms with Gasteiger partial charge in [0.2, 0.25) is 0 Å². The van der Waals surface area contributed by atoms with E-state index in [1.807, 2.05) is 0 Å². The van der Waals surface area contributed by atoms with Gasteiger partial charge in [-0.1, -0.05) is 39.7 Å².